The molecule has 1 aromatic carbocycles. The van der Waals surface area contributed by atoms with E-state index >= 15 is 0 Å². The highest BCUT2D eigenvalue weighted by atomic mass is 16.5. The number of hydrogen-bond donors (Lipinski definition) is 0. The molecule has 0 saturated carbocycles. The van der Waals surface area contributed by atoms with Gasteiger partial charge < -0.3 is 9.64 Å². The summed E-state index contributed by atoms with van der Waals surface area (Å²) in [5, 5.41) is 9.31. The molecule has 124 valence electrons. The van der Waals surface area contributed by atoms with E-state index in [1.54, 1.807) is 0 Å². The molecule has 1 saturated heterocycles. The normalized spacial score (nSPS) is 16.7. The van der Waals surface area contributed by atoms with Gasteiger partial charge in [0.05, 0.1) is 12.7 Å². The number of nitrogens with zero attached hydrogens (tertiary/aromatic N) is 2. The molecule has 0 spiro atoms. The van der Waals surface area contributed by atoms with E-state index in [-0.39, 0.29) is 5.91 Å². The second kappa shape index (κ2) is 8.57. The van der Waals surface area contributed by atoms with Crippen molar-refractivity contribution in [3.63, 3.8) is 0 Å². The molecule has 4 nitrogen and oxygen atoms in total. The van der Waals surface area contributed by atoms with Crippen molar-refractivity contribution >= 4 is 5.91 Å². The summed E-state index contributed by atoms with van der Waals surface area (Å²) in [7, 11) is 0. The van der Waals surface area contributed by atoms with Crippen LogP contribution in [-0.4, -0.2) is 30.5 Å². The second-order valence-electron chi connectivity index (χ2n) is 6.33. The van der Waals surface area contributed by atoms with Crippen molar-refractivity contribution in [1.29, 1.82) is 5.26 Å². The van der Waals surface area contributed by atoms with E-state index < -0.39 is 5.92 Å². The predicted octanol–water partition coefficient (Wildman–Crippen LogP) is 3.42. The van der Waals surface area contributed by atoms with Crippen LogP contribution in [0, 0.1) is 23.2 Å². The molecule has 23 heavy (non-hydrogen) atoms. The quantitative estimate of drug-likeness (QED) is 0.808. The fraction of sp³-hybridized carbons (Fsp3) is 0.579. The van der Waals surface area contributed by atoms with Crippen LogP contribution in [0.15, 0.2) is 24.3 Å². The Labute approximate surface area is 139 Å². The van der Waals surface area contributed by atoms with Crippen LogP contribution in [0.3, 0.4) is 0 Å². The third kappa shape index (κ3) is 4.99. The zero-order valence-corrected chi connectivity index (χ0v) is 14.1. The Kier molecular flexibility index (Phi) is 6.46. The maximum absolute atomic E-state index is 12.4. The Bertz CT molecular complexity index is 557. The van der Waals surface area contributed by atoms with Crippen molar-refractivity contribution in [3.05, 3.63) is 29.8 Å². The Morgan fingerprint density at radius 1 is 1.43 bits per heavy atom. The van der Waals surface area contributed by atoms with Crippen LogP contribution in [-0.2, 0) is 11.2 Å². The molecule has 1 aromatic rings. The first-order valence-electron chi connectivity index (χ1n) is 8.54. The van der Waals surface area contributed by atoms with Gasteiger partial charge in [0, 0.05) is 19.5 Å². The van der Waals surface area contributed by atoms with Crippen LogP contribution in [0.1, 0.15) is 38.7 Å². The Morgan fingerprint density at radius 2 is 2.17 bits per heavy atom. The highest BCUT2D eigenvalue weighted by Crippen LogP contribution is 2.19. The molecule has 1 aliphatic rings. The molecule has 1 fully saturated rings. The minimum Gasteiger partial charge on any atom is -0.494 e. The number of aryl methyl sites for hydroxylation is 1. The van der Waals surface area contributed by atoms with Gasteiger partial charge in [-0.1, -0.05) is 26.0 Å². The van der Waals surface area contributed by atoms with Gasteiger partial charge in [-0.15, -0.1) is 0 Å². The van der Waals surface area contributed by atoms with Gasteiger partial charge >= 0.3 is 0 Å². The molecule has 0 radical (unpaired) electrons. The summed E-state index contributed by atoms with van der Waals surface area (Å²) in [6.45, 7) is 6.25. The topological polar surface area (TPSA) is 53.3 Å². The summed E-state index contributed by atoms with van der Waals surface area (Å²) in [5.41, 5.74) is 1.22. The largest absolute Gasteiger partial charge is 0.494 e. The second-order valence-corrected chi connectivity index (χ2v) is 6.33. The van der Waals surface area contributed by atoms with E-state index in [0.717, 1.165) is 38.1 Å². The van der Waals surface area contributed by atoms with E-state index in [1.807, 2.05) is 23.1 Å². The zero-order valence-electron chi connectivity index (χ0n) is 14.1. The van der Waals surface area contributed by atoms with Gasteiger partial charge in [-0.2, -0.15) is 5.26 Å². The zero-order chi connectivity index (χ0) is 16.7. The van der Waals surface area contributed by atoms with Gasteiger partial charge in [-0.25, -0.2) is 0 Å². The molecule has 1 atom stereocenters. The average molecular weight is 314 g/mol. The van der Waals surface area contributed by atoms with Crippen LogP contribution >= 0.6 is 0 Å². The van der Waals surface area contributed by atoms with Crippen molar-refractivity contribution in [2.24, 2.45) is 11.8 Å². The van der Waals surface area contributed by atoms with Gasteiger partial charge in [0.1, 0.15) is 11.7 Å². The van der Waals surface area contributed by atoms with Gasteiger partial charge in [0.2, 0.25) is 5.91 Å². The highest BCUT2D eigenvalue weighted by molar-refractivity contribution is 5.81. The maximum Gasteiger partial charge on any atom is 0.240 e. The van der Waals surface area contributed by atoms with Gasteiger partial charge in [-0.05, 0) is 42.9 Å². The van der Waals surface area contributed by atoms with Crippen LogP contribution < -0.4 is 4.74 Å². The third-order valence-corrected chi connectivity index (χ3v) is 4.53. The van der Waals surface area contributed by atoms with Crippen LogP contribution in [0.4, 0.5) is 0 Å². The minimum absolute atomic E-state index is 0.0368. The summed E-state index contributed by atoms with van der Waals surface area (Å²) in [6.07, 6.45) is 3.47. The summed E-state index contributed by atoms with van der Waals surface area (Å²) in [5.74, 6) is 0.845. The van der Waals surface area contributed by atoms with Gasteiger partial charge in [0.15, 0.2) is 0 Å². The molecule has 0 N–H and O–H groups in total. The van der Waals surface area contributed by atoms with Gasteiger partial charge in [0.25, 0.3) is 0 Å². The molecule has 1 heterocycles. The number of amides is 1. The monoisotopic (exact) mass is 314 g/mol. The Hall–Kier alpha value is -2.02. The van der Waals surface area contributed by atoms with E-state index in [4.69, 9.17) is 4.74 Å². The van der Waals surface area contributed by atoms with Crippen molar-refractivity contribution in [2.45, 2.75) is 39.5 Å². The first-order chi connectivity index (χ1) is 11.1. The number of rotatable bonds is 6. The summed E-state index contributed by atoms with van der Waals surface area (Å²) in [6, 6.07) is 10.1. The highest BCUT2D eigenvalue weighted by Gasteiger charge is 2.26. The molecule has 0 aliphatic carbocycles. The predicted molar refractivity (Wildman–Crippen MR) is 90.0 cm³/mol. The maximum atomic E-state index is 12.4. The summed E-state index contributed by atoms with van der Waals surface area (Å²) in [4.78, 5) is 14.3. The molecule has 0 aromatic heterocycles. The van der Waals surface area contributed by atoms with Crippen molar-refractivity contribution in [1.82, 2.24) is 4.90 Å². The Morgan fingerprint density at radius 3 is 2.83 bits per heavy atom. The lowest BCUT2D eigenvalue weighted by molar-refractivity contribution is -0.135. The van der Waals surface area contributed by atoms with Crippen LogP contribution in [0.25, 0.3) is 0 Å². The number of likely N-dealkylation sites (tertiary alicyclic amines) is 1. The van der Waals surface area contributed by atoms with Crippen molar-refractivity contribution in [2.75, 3.05) is 19.7 Å². The van der Waals surface area contributed by atoms with Crippen LogP contribution in [0.5, 0.6) is 5.75 Å². The average Bonchev–Trinajstić information content (AvgIpc) is 2.59. The molecule has 4 heteroatoms. The van der Waals surface area contributed by atoms with Crippen LogP contribution in [0.2, 0.25) is 0 Å². The Balaban J connectivity index is 1.82. The lowest BCUT2D eigenvalue weighted by Gasteiger charge is -2.31. The molecule has 1 amide bonds. The van der Waals surface area contributed by atoms with Gasteiger partial charge in [-0.3, -0.25) is 4.79 Å². The molecular formula is C19H26N2O2. The summed E-state index contributed by atoms with van der Waals surface area (Å²) < 4.78 is 5.71. The number of carbonyl (C=O) groups excluding carboxylic acids is 1. The minimum atomic E-state index is -0.599. The number of benzene rings is 1. The fourth-order valence-corrected chi connectivity index (χ4v) is 2.84. The van der Waals surface area contributed by atoms with E-state index in [0.29, 0.717) is 18.9 Å². The lowest BCUT2D eigenvalue weighted by atomic mass is 9.97. The standard InChI is InChI=1S/C19H26N2O2/c1-3-16-5-4-6-18(13-16)23-12-9-17(14-20)19(22)21-10-7-15(2)8-11-21/h4-6,13,15,17H,3,7-12H2,1-2H3. The number of ether oxygens (including phenoxy) is 1. The fourth-order valence-electron chi connectivity index (χ4n) is 2.84. The van der Waals surface area contributed by atoms with E-state index in [2.05, 4.69) is 26.0 Å². The van der Waals surface area contributed by atoms with E-state index in [9.17, 15) is 10.1 Å². The molecule has 1 aliphatic heterocycles. The molecule has 0 bridgehead atoms. The third-order valence-electron chi connectivity index (χ3n) is 4.53. The number of piperidine rings is 1. The first-order valence-corrected chi connectivity index (χ1v) is 8.54. The lowest BCUT2D eigenvalue weighted by Crippen LogP contribution is -2.41. The molecule has 1 unspecified atom stereocenters. The summed E-state index contributed by atoms with van der Waals surface area (Å²) >= 11 is 0. The molecule has 2 rings (SSSR count). The van der Waals surface area contributed by atoms with Crippen molar-refractivity contribution < 1.29 is 9.53 Å². The number of nitriles is 1. The number of carbonyl (C=O) groups is 1. The smallest absolute Gasteiger partial charge is 0.240 e. The molecular weight excluding hydrogens is 288 g/mol. The first kappa shape index (κ1) is 17.3. The van der Waals surface area contributed by atoms with Crippen molar-refractivity contribution in [3.8, 4) is 11.8 Å². The number of hydrogen-bond acceptors (Lipinski definition) is 3. The SMILES string of the molecule is CCc1cccc(OCCC(C#N)C(=O)N2CCC(C)CC2)c1. The van der Waals surface area contributed by atoms with E-state index in [1.165, 1.54) is 5.56 Å².